The van der Waals surface area contributed by atoms with Crippen LogP contribution in [0, 0.1) is 5.41 Å². The van der Waals surface area contributed by atoms with Crippen molar-refractivity contribution in [1.29, 1.82) is 0 Å². The van der Waals surface area contributed by atoms with E-state index in [2.05, 4.69) is 6.58 Å². The lowest BCUT2D eigenvalue weighted by molar-refractivity contribution is -0.138. The Kier molecular flexibility index (Phi) is 3.30. The molecular weight excluding hydrogens is 188 g/mol. The van der Waals surface area contributed by atoms with Gasteiger partial charge in [-0.05, 0) is 11.1 Å². The van der Waals surface area contributed by atoms with Gasteiger partial charge >= 0.3 is 5.97 Å². The summed E-state index contributed by atoms with van der Waals surface area (Å²) in [5, 5.41) is 8.80. The van der Waals surface area contributed by atoms with Crippen molar-refractivity contribution in [2.45, 2.75) is 20.3 Å². The van der Waals surface area contributed by atoms with Gasteiger partial charge in [0, 0.05) is 5.41 Å². The predicted octanol–water partition coefficient (Wildman–Crippen LogP) is 3.20. The van der Waals surface area contributed by atoms with E-state index >= 15 is 0 Å². The summed E-state index contributed by atoms with van der Waals surface area (Å²) < 4.78 is 0. The first-order valence-electron chi connectivity index (χ1n) is 4.90. The smallest absolute Gasteiger partial charge is 0.304 e. The van der Waals surface area contributed by atoms with Crippen LogP contribution in [0.15, 0.2) is 36.9 Å². The molecule has 1 N–H and O–H groups in total. The molecule has 0 aliphatic heterocycles. The molecule has 0 amide bonds. The van der Waals surface area contributed by atoms with Crippen molar-refractivity contribution in [1.82, 2.24) is 0 Å². The normalized spacial score (nSPS) is 11.1. The topological polar surface area (TPSA) is 37.3 Å². The Bertz CT molecular complexity index is 363. The summed E-state index contributed by atoms with van der Waals surface area (Å²) in [6.45, 7) is 7.78. The molecule has 0 aliphatic carbocycles. The van der Waals surface area contributed by atoms with Gasteiger partial charge in [-0.1, -0.05) is 50.8 Å². The van der Waals surface area contributed by atoms with Crippen molar-refractivity contribution in [3.63, 3.8) is 0 Å². The van der Waals surface area contributed by atoms with Gasteiger partial charge in [0.2, 0.25) is 0 Å². The monoisotopic (exact) mass is 204 g/mol. The molecule has 2 heteroatoms. The molecule has 15 heavy (non-hydrogen) atoms. The predicted molar refractivity (Wildman–Crippen MR) is 61.5 cm³/mol. The second-order valence-electron chi connectivity index (χ2n) is 4.30. The summed E-state index contributed by atoms with van der Waals surface area (Å²) in [7, 11) is 0. The second kappa shape index (κ2) is 4.30. The van der Waals surface area contributed by atoms with Gasteiger partial charge in [-0.15, -0.1) is 0 Å². The largest absolute Gasteiger partial charge is 0.481 e. The third-order valence-corrected chi connectivity index (χ3v) is 2.53. The molecule has 0 atom stereocenters. The maximum absolute atomic E-state index is 10.7. The number of benzene rings is 1. The van der Waals surface area contributed by atoms with Gasteiger partial charge in [0.15, 0.2) is 0 Å². The average Bonchev–Trinajstić information content (AvgIpc) is 2.16. The van der Waals surface area contributed by atoms with Crippen LogP contribution in [0.3, 0.4) is 0 Å². The van der Waals surface area contributed by atoms with Gasteiger partial charge in [-0.2, -0.15) is 0 Å². The Morgan fingerprint density at radius 2 is 1.87 bits per heavy atom. The summed E-state index contributed by atoms with van der Waals surface area (Å²) in [6.07, 6.45) is 0.0979. The number of carbonyl (C=O) groups is 1. The zero-order valence-electron chi connectivity index (χ0n) is 9.16. The van der Waals surface area contributed by atoms with Gasteiger partial charge < -0.3 is 5.11 Å². The van der Waals surface area contributed by atoms with E-state index in [0.717, 1.165) is 11.1 Å². The molecule has 0 unspecified atom stereocenters. The fraction of sp³-hybridized carbons (Fsp3) is 0.308. The molecule has 0 aromatic heterocycles. The number of carboxylic acid groups (broad SMARTS) is 1. The van der Waals surface area contributed by atoms with Crippen LogP contribution >= 0.6 is 0 Å². The summed E-state index contributed by atoms with van der Waals surface area (Å²) in [6, 6.07) is 9.69. The standard InChI is InChI=1S/C13H16O2/c1-10(11-7-5-4-6-8-11)13(2,3)9-12(14)15/h4-8H,1,9H2,2-3H3,(H,14,15). The summed E-state index contributed by atoms with van der Waals surface area (Å²) in [4.78, 5) is 10.7. The molecule has 0 saturated carbocycles. The molecule has 0 radical (unpaired) electrons. The highest BCUT2D eigenvalue weighted by molar-refractivity contribution is 5.75. The lowest BCUT2D eigenvalue weighted by Gasteiger charge is -2.25. The van der Waals surface area contributed by atoms with E-state index in [1.165, 1.54) is 0 Å². The molecule has 0 heterocycles. The SMILES string of the molecule is C=C(c1ccccc1)C(C)(C)CC(=O)O. The third kappa shape index (κ3) is 2.94. The number of carboxylic acids is 1. The third-order valence-electron chi connectivity index (χ3n) is 2.53. The highest BCUT2D eigenvalue weighted by atomic mass is 16.4. The van der Waals surface area contributed by atoms with Crippen molar-refractivity contribution >= 4 is 11.5 Å². The minimum absolute atomic E-state index is 0.0979. The number of aliphatic carboxylic acids is 1. The minimum Gasteiger partial charge on any atom is -0.481 e. The van der Waals surface area contributed by atoms with Crippen LogP contribution in [-0.2, 0) is 4.79 Å². The molecule has 80 valence electrons. The van der Waals surface area contributed by atoms with Gasteiger partial charge in [-0.25, -0.2) is 0 Å². The summed E-state index contributed by atoms with van der Waals surface area (Å²) >= 11 is 0. The number of rotatable bonds is 4. The van der Waals surface area contributed by atoms with Crippen LogP contribution < -0.4 is 0 Å². The molecule has 1 aromatic carbocycles. The first-order valence-corrected chi connectivity index (χ1v) is 4.90. The van der Waals surface area contributed by atoms with E-state index in [1.807, 2.05) is 44.2 Å². The van der Waals surface area contributed by atoms with Crippen molar-refractivity contribution in [2.24, 2.45) is 5.41 Å². The van der Waals surface area contributed by atoms with E-state index < -0.39 is 11.4 Å². The van der Waals surface area contributed by atoms with Crippen LogP contribution in [0.1, 0.15) is 25.8 Å². The van der Waals surface area contributed by atoms with Crippen molar-refractivity contribution in [2.75, 3.05) is 0 Å². The summed E-state index contributed by atoms with van der Waals surface area (Å²) in [5.41, 5.74) is 1.46. The van der Waals surface area contributed by atoms with Gasteiger partial charge in [0.05, 0.1) is 6.42 Å². The lowest BCUT2D eigenvalue weighted by atomic mass is 9.78. The van der Waals surface area contributed by atoms with Crippen LogP contribution in [0.2, 0.25) is 0 Å². The molecule has 1 rings (SSSR count). The van der Waals surface area contributed by atoms with E-state index in [1.54, 1.807) is 0 Å². The number of hydrogen-bond donors (Lipinski definition) is 1. The van der Waals surface area contributed by atoms with E-state index in [9.17, 15) is 4.79 Å². The average molecular weight is 204 g/mol. The molecule has 0 aliphatic rings. The fourth-order valence-corrected chi connectivity index (χ4v) is 1.51. The van der Waals surface area contributed by atoms with Crippen LogP contribution in [0.4, 0.5) is 0 Å². The maximum Gasteiger partial charge on any atom is 0.304 e. The van der Waals surface area contributed by atoms with Crippen molar-refractivity contribution in [3.8, 4) is 0 Å². The second-order valence-corrected chi connectivity index (χ2v) is 4.30. The zero-order chi connectivity index (χ0) is 11.5. The quantitative estimate of drug-likeness (QED) is 0.817. The van der Waals surface area contributed by atoms with E-state index in [-0.39, 0.29) is 6.42 Å². The highest BCUT2D eigenvalue weighted by Crippen LogP contribution is 2.35. The molecule has 0 bridgehead atoms. The van der Waals surface area contributed by atoms with E-state index in [4.69, 9.17) is 5.11 Å². The first-order chi connectivity index (χ1) is 6.93. The van der Waals surface area contributed by atoms with Crippen molar-refractivity contribution in [3.05, 3.63) is 42.5 Å². The first kappa shape index (κ1) is 11.5. The fourth-order valence-electron chi connectivity index (χ4n) is 1.51. The molecular formula is C13H16O2. The van der Waals surface area contributed by atoms with E-state index in [0.29, 0.717) is 0 Å². The Morgan fingerprint density at radius 1 is 1.33 bits per heavy atom. The van der Waals surface area contributed by atoms with Gasteiger partial charge in [-0.3, -0.25) is 4.79 Å². The van der Waals surface area contributed by atoms with Crippen molar-refractivity contribution < 1.29 is 9.90 Å². The molecule has 1 aromatic rings. The Morgan fingerprint density at radius 3 is 2.33 bits per heavy atom. The molecule has 0 spiro atoms. The van der Waals surface area contributed by atoms with Gasteiger partial charge in [0.25, 0.3) is 0 Å². The van der Waals surface area contributed by atoms with Gasteiger partial charge in [0.1, 0.15) is 0 Å². The zero-order valence-corrected chi connectivity index (χ0v) is 9.16. The highest BCUT2D eigenvalue weighted by Gasteiger charge is 2.25. The number of allylic oxidation sites excluding steroid dienone is 1. The summed E-state index contributed by atoms with van der Waals surface area (Å²) in [5.74, 6) is -0.794. The molecule has 0 fully saturated rings. The van der Waals surface area contributed by atoms with Crippen LogP contribution in [0.5, 0.6) is 0 Å². The Balaban J connectivity index is 2.89. The maximum atomic E-state index is 10.7. The Labute approximate surface area is 90.3 Å². The Hall–Kier alpha value is -1.57. The minimum atomic E-state index is -0.794. The van der Waals surface area contributed by atoms with Crippen LogP contribution in [-0.4, -0.2) is 11.1 Å². The molecule has 2 nitrogen and oxygen atoms in total. The van der Waals surface area contributed by atoms with Crippen LogP contribution in [0.25, 0.3) is 5.57 Å². The molecule has 0 saturated heterocycles. The number of hydrogen-bond acceptors (Lipinski definition) is 1. The lowest BCUT2D eigenvalue weighted by Crippen LogP contribution is -2.18.